The summed E-state index contributed by atoms with van der Waals surface area (Å²) in [6.45, 7) is 0. The van der Waals surface area contributed by atoms with Gasteiger partial charge >= 0.3 is 5.97 Å². The molecule has 8 heteroatoms. The van der Waals surface area contributed by atoms with Crippen molar-refractivity contribution in [3.05, 3.63) is 120 Å². The molecule has 0 fully saturated rings. The van der Waals surface area contributed by atoms with Crippen LogP contribution in [0.2, 0.25) is 0 Å². The summed E-state index contributed by atoms with van der Waals surface area (Å²) in [5, 5.41) is 9.15. The van der Waals surface area contributed by atoms with Crippen LogP contribution in [0.15, 0.2) is 114 Å². The molecule has 0 aliphatic heterocycles. The fraction of sp³-hybridized carbons (Fsp3) is 0.0690. The molecule has 37 heavy (non-hydrogen) atoms. The zero-order valence-corrected chi connectivity index (χ0v) is 21.6. The summed E-state index contributed by atoms with van der Waals surface area (Å²) >= 11 is 6.82. The Labute approximate surface area is 225 Å². The highest BCUT2D eigenvalue weighted by atomic mass is 32.2. The molecule has 1 atom stereocenters. The Morgan fingerprint density at radius 3 is 1.95 bits per heavy atom. The van der Waals surface area contributed by atoms with Gasteiger partial charge < -0.3 is 20.7 Å². The van der Waals surface area contributed by atoms with E-state index in [4.69, 9.17) is 17.0 Å². The monoisotopic (exact) mass is 527 g/mol. The molecule has 0 aliphatic rings. The first-order valence-electron chi connectivity index (χ1n) is 11.5. The predicted molar refractivity (Wildman–Crippen MR) is 154 cm³/mol. The van der Waals surface area contributed by atoms with Crippen LogP contribution in [0.3, 0.4) is 0 Å². The zero-order valence-electron chi connectivity index (χ0n) is 20.0. The van der Waals surface area contributed by atoms with Crippen LogP contribution >= 0.6 is 24.0 Å². The highest BCUT2D eigenvalue weighted by Crippen LogP contribution is 2.37. The van der Waals surface area contributed by atoms with Crippen LogP contribution in [0.1, 0.15) is 21.2 Å². The van der Waals surface area contributed by atoms with E-state index in [9.17, 15) is 9.59 Å². The van der Waals surface area contributed by atoms with Crippen LogP contribution in [0.25, 0.3) is 0 Å². The second kappa shape index (κ2) is 12.7. The van der Waals surface area contributed by atoms with Gasteiger partial charge in [0.1, 0.15) is 5.25 Å². The number of para-hydroxylation sites is 2. The summed E-state index contributed by atoms with van der Waals surface area (Å²) in [5.74, 6) is -0.759. The van der Waals surface area contributed by atoms with Gasteiger partial charge in [-0.05, 0) is 66.3 Å². The number of carbonyl (C=O) groups is 2. The number of thioether (sulfide) groups is 1. The minimum Gasteiger partial charge on any atom is -0.465 e. The van der Waals surface area contributed by atoms with Gasteiger partial charge in [-0.2, -0.15) is 0 Å². The molecule has 0 spiro atoms. The van der Waals surface area contributed by atoms with E-state index in [2.05, 4.69) is 16.0 Å². The van der Waals surface area contributed by atoms with Gasteiger partial charge in [-0.15, -0.1) is 11.8 Å². The van der Waals surface area contributed by atoms with Crippen LogP contribution in [-0.4, -0.2) is 24.1 Å². The number of benzene rings is 4. The van der Waals surface area contributed by atoms with Crippen LogP contribution in [0, 0.1) is 0 Å². The molecule has 6 nitrogen and oxygen atoms in total. The average Bonchev–Trinajstić information content (AvgIpc) is 2.93. The second-order valence-electron chi connectivity index (χ2n) is 7.90. The van der Waals surface area contributed by atoms with Crippen molar-refractivity contribution in [1.29, 1.82) is 0 Å². The quantitative estimate of drug-likeness (QED) is 0.133. The molecule has 0 heterocycles. The summed E-state index contributed by atoms with van der Waals surface area (Å²) < 4.78 is 4.86. The Kier molecular flexibility index (Phi) is 8.91. The molecule has 0 radical (unpaired) electrons. The lowest BCUT2D eigenvalue weighted by Crippen LogP contribution is -2.21. The van der Waals surface area contributed by atoms with Gasteiger partial charge in [-0.3, -0.25) is 4.79 Å². The average molecular weight is 528 g/mol. The summed E-state index contributed by atoms with van der Waals surface area (Å²) in [6.07, 6.45) is 0. The molecule has 3 N–H and O–H groups in total. The number of rotatable bonds is 8. The predicted octanol–water partition coefficient (Wildman–Crippen LogP) is 6.75. The maximum absolute atomic E-state index is 13.4. The minimum atomic E-state index is -0.550. The van der Waals surface area contributed by atoms with Crippen molar-refractivity contribution in [3.8, 4) is 0 Å². The fourth-order valence-corrected chi connectivity index (χ4v) is 4.81. The number of methoxy groups -OCH3 is 1. The third-order valence-corrected chi connectivity index (χ3v) is 6.80. The van der Waals surface area contributed by atoms with E-state index in [0.717, 1.165) is 21.8 Å². The van der Waals surface area contributed by atoms with Crippen LogP contribution in [0.4, 0.5) is 17.1 Å². The number of hydrogen-bond donors (Lipinski definition) is 3. The van der Waals surface area contributed by atoms with Crippen molar-refractivity contribution in [2.24, 2.45) is 0 Å². The number of carbonyl (C=O) groups excluding carboxylic acids is 2. The highest BCUT2D eigenvalue weighted by molar-refractivity contribution is 8.00. The third-order valence-electron chi connectivity index (χ3n) is 5.33. The van der Waals surface area contributed by atoms with E-state index in [1.165, 1.54) is 18.9 Å². The summed E-state index contributed by atoms with van der Waals surface area (Å²) in [6, 6.07) is 33.7. The van der Waals surface area contributed by atoms with Crippen LogP contribution < -0.4 is 16.0 Å². The van der Waals surface area contributed by atoms with Gasteiger partial charge in [-0.1, -0.05) is 60.7 Å². The van der Waals surface area contributed by atoms with Gasteiger partial charge in [0.25, 0.3) is 0 Å². The number of thiocarbonyl (C=S) groups is 1. The number of anilines is 3. The Morgan fingerprint density at radius 2 is 1.30 bits per heavy atom. The van der Waals surface area contributed by atoms with Gasteiger partial charge in [-0.25, -0.2) is 4.79 Å². The number of esters is 1. The lowest BCUT2D eigenvalue weighted by atomic mass is 10.1. The molecule has 186 valence electrons. The van der Waals surface area contributed by atoms with Crippen molar-refractivity contribution in [3.63, 3.8) is 0 Å². The molecule has 1 amide bonds. The summed E-state index contributed by atoms with van der Waals surface area (Å²) in [7, 11) is 1.31. The maximum Gasteiger partial charge on any atom is 0.339 e. The first kappa shape index (κ1) is 25.9. The Balaban J connectivity index is 1.48. The van der Waals surface area contributed by atoms with E-state index >= 15 is 0 Å². The fourth-order valence-electron chi connectivity index (χ4n) is 3.55. The van der Waals surface area contributed by atoms with Crippen molar-refractivity contribution in [1.82, 2.24) is 0 Å². The Hall–Kier alpha value is -4.14. The first-order chi connectivity index (χ1) is 18.0. The SMILES string of the molecule is COC(=O)c1ccccc1NC(=O)C(Sc1ccc(NC(=S)Nc2ccccc2)cc1)c1ccccc1. The molecule has 0 saturated carbocycles. The smallest absolute Gasteiger partial charge is 0.339 e. The molecular weight excluding hydrogens is 502 g/mol. The number of amides is 1. The molecule has 1 unspecified atom stereocenters. The lowest BCUT2D eigenvalue weighted by Gasteiger charge is -2.18. The maximum atomic E-state index is 13.4. The topological polar surface area (TPSA) is 79.5 Å². The highest BCUT2D eigenvalue weighted by Gasteiger charge is 2.24. The second-order valence-corrected chi connectivity index (χ2v) is 9.49. The molecule has 0 aliphatic carbocycles. The largest absolute Gasteiger partial charge is 0.465 e. The Morgan fingerprint density at radius 1 is 0.730 bits per heavy atom. The van der Waals surface area contributed by atoms with E-state index in [0.29, 0.717) is 16.4 Å². The van der Waals surface area contributed by atoms with Crippen molar-refractivity contribution < 1.29 is 14.3 Å². The van der Waals surface area contributed by atoms with E-state index in [1.807, 2.05) is 84.9 Å². The molecular formula is C29H25N3O3S2. The van der Waals surface area contributed by atoms with Crippen LogP contribution in [-0.2, 0) is 9.53 Å². The van der Waals surface area contributed by atoms with Gasteiger partial charge in [0, 0.05) is 16.3 Å². The molecule has 4 aromatic rings. The zero-order chi connectivity index (χ0) is 26.0. The molecule has 0 saturated heterocycles. The van der Waals surface area contributed by atoms with Crippen molar-refractivity contribution in [2.45, 2.75) is 10.1 Å². The van der Waals surface area contributed by atoms with Gasteiger partial charge in [0.15, 0.2) is 5.11 Å². The minimum absolute atomic E-state index is 0.247. The lowest BCUT2D eigenvalue weighted by molar-refractivity contribution is -0.115. The summed E-state index contributed by atoms with van der Waals surface area (Å²) in [5.41, 5.74) is 3.27. The van der Waals surface area contributed by atoms with Gasteiger partial charge in [0.2, 0.25) is 5.91 Å². The third kappa shape index (κ3) is 7.19. The van der Waals surface area contributed by atoms with E-state index in [1.54, 1.807) is 24.3 Å². The van der Waals surface area contributed by atoms with Gasteiger partial charge in [0.05, 0.1) is 18.4 Å². The standard InChI is InChI=1S/C29H25N3O3S2/c1-35-28(34)24-14-8-9-15-25(24)32-27(33)26(20-10-4-2-5-11-20)37-23-18-16-22(17-19-23)31-29(36)30-21-12-6-3-7-13-21/h2-19,26H,1H3,(H,32,33)(H2,30,31,36). The normalized spacial score (nSPS) is 11.2. The molecule has 4 rings (SSSR count). The number of ether oxygens (including phenoxy) is 1. The molecule has 0 aromatic heterocycles. The first-order valence-corrected chi connectivity index (χ1v) is 12.7. The van der Waals surface area contributed by atoms with Crippen molar-refractivity contribution >= 4 is 58.0 Å². The molecule has 4 aromatic carbocycles. The summed E-state index contributed by atoms with van der Waals surface area (Å²) in [4.78, 5) is 26.5. The number of hydrogen-bond acceptors (Lipinski definition) is 5. The van der Waals surface area contributed by atoms with E-state index in [-0.39, 0.29) is 5.91 Å². The van der Waals surface area contributed by atoms with E-state index < -0.39 is 11.2 Å². The Bertz CT molecular complexity index is 1360. The van der Waals surface area contributed by atoms with Crippen LogP contribution in [0.5, 0.6) is 0 Å². The van der Waals surface area contributed by atoms with Crippen molar-refractivity contribution in [2.75, 3.05) is 23.1 Å². The number of nitrogens with one attached hydrogen (secondary N) is 3. The molecule has 0 bridgehead atoms.